The van der Waals surface area contributed by atoms with Crippen LogP contribution in [0, 0.1) is 6.92 Å². The minimum atomic E-state index is 0.876. The highest BCUT2D eigenvalue weighted by Gasteiger charge is 2.20. The van der Waals surface area contributed by atoms with Crippen LogP contribution in [0.25, 0.3) is 11.3 Å². The van der Waals surface area contributed by atoms with E-state index in [9.17, 15) is 0 Å². The minimum Gasteiger partial charge on any atom is -0.354 e. The normalized spacial score (nSPS) is 14.3. The van der Waals surface area contributed by atoms with E-state index >= 15 is 0 Å². The third-order valence-electron chi connectivity index (χ3n) is 4.37. The van der Waals surface area contributed by atoms with Crippen molar-refractivity contribution < 1.29 is 0 Å². The van der Waals surface area contributed by atoms with E-state index in [1.165, 1.54) is 5.56 Å². The van der Waals surface area contributed by atoms with E-state index in [1.807, 2.05) is 38.5 Å². The largest absolute Gasteiger partial charge is 0.354 e. The van der Waals surface area contributed by atoms with Gasteiger partial charge >= 0.3 is 0 Å². The maximum absolute atomic E-state index is 4.52. The molecule has 122 valence electrons. The van der Waals surface area contributed by atoms with Crippen LogP contribution in [-0.4, -0.2) is 43.0 Å². The molecule has 7 heteroatoms. The van der Waals surface area contributed by atoms with Crippen LogP contribution >= 0.6 is 0 Å². The third-order valence-corrected chi connectivity index (χ3v) is 4.37. The molecule has 4 heterocycles. The van der Waals surface area contributed by atoms with Crippen LogP contribution in [-0.2, 0) is 19.9 Å². The summed E-state index contributed by atoms with van der Waals surface area (Å²) < 4.78 is 1.80. The number of fused-ring (bicyclic) bond motifs is 1. The lowest BCUT2D eigenvalue weighted by Gasteiger charge is -2.20. The predicted molar refractivity (Wildman–Crippen MR) is 90.6 cm³/mol. The standard InChI is InChI=1S/C17H19N7/c1-12-3-4-16(22-21-12)24-7-5-14-15(6-8-24)18-11-19-17(14)13-9-20-23(2)10-13/h3-4,9-11H,5-8H2,1-2H3. The molecule has 0 N–H and O–H groups in total. The summed E-state index contributed by atoms with van der Waals surface area (Å²) in [4.78, 5) is 11.3. The van der Waals surface area contributed by atoms with Crippen molar-refractivity contribution in [2.45, 2.75) is 19.8 Å². The molecule has 7 nitrogen and oxygen atoms in total. The van der Waals surface area contributed by atoms with E-state index < -0.39 is 0 Å². The van der Waals surface area contributed by atoms with Crippen molar-refractivity contribution in [1.29, 1.82) is 0 Å². The Morgan fingerprint density at radius 1 is 1.04 bits per heavy atom. The van der Waals surface area contributed by atoms with Crippen molar-refractivity contribution in [3.63, 3.8) is 0 Å². The summed E-state index contributed by atoms with van der Waals surface area (Å²) >= 11 is 0. The predicted octanol–water partition coefficient (Wildman–Crippen LogP) is 1.58. The fourth-order valence-corrected chi connectivity index (χ4v) is 3.11. The molecule has 4 rings (SSSR count). The van der Waals surface area contributed by atoms with E-state index in [4.69, 9.17) is 0 Å². The molecule has 0 atom stereocenters. The number of nitrogens with zero attached hydrogens (tertiary/aromatic N) is 7. The summed E-state index contributed by atoms with van der Waals surface area (Å²) in [6.45, 7) is 3.71. The summed E-state index contributed by atoms with van der Waals surface area (Å²) in [7, 11) is 1.92. The number of anilines is 1. The van der Waals surface area contributed by atoms with Gasteiger partial charge in [0.25, 0.3) is 0 Å². The van der Waals surface area contributed by atoms with Gasteiger partial charge < -0.3 is 4.90 Å². The Morgan fingerprint density at radius 2 is 1.92 bits per heavy atom. The molecule has 24 heavy (non-hydrogen) atoms. The van der Waals surface area contributed by atoms with E-state index in [1.54, 1.807) is 11.0 Å². The van der Waals surface area contributed by atoms with Gasteiger partial charge in [0, 0.05) is 49.6 Å². The molecule has 0 amide bonds. The van der Waals surface area contributed by atoms with Gasteiger partial charge in [0.05, 0.1) is 17.6 Å². The van der Waals surface area contributed by atoms with Crippen LogP contribution in [0.4, 0.5) is 5.82 Å². The van der Waals surface area contributed by atoms with Gasteiger partial charge in [-0.15, -0.1) is 5.10 Å². The SMILES string of the molecule is Cc1ccc(N2CCc3ncnc(-c4cnn(C)c4)c3CC2)nn1. The molecule has 0 radical (unpaired) electrons. The monoisotopic (exact) mass is 321 g/mol. The van der Waals surface area contributed by atoms with Crippen LogP contribution in [0.5, 0.6) is 0 Å². The highest BCUT2D eigenvalue weighted by molar-refractivity contribution is 5.62. The maximum atomic E-state index is 4.52. The van der Waals surface area contributed by atoms with Crippen molar-refractivity contribution >= 4 is 5.82 Å². The van der Waals surface area contributed by atoms with Gasteiger partial charge in [-0.25, -0.2) is 9.97 Å². The zero-order valence-corrected chi connectivity index (χ0v) is 13.8. The van der Waals surface area contributed by atoms with Crippen LogP contribution in [0.3, 0.4) is 0 Å². The molecule has 0 bridgehead atoms. The molecule has 3 aromatic heterocycles. The molecule has 1 aliphatic heterocycles. The maximum Gasteiger partial charge on any atom is 0.151 e. The molecular weight excluding hydrogens is 302 g/mol. The molecule has 0 aromatic carbocycles. The van der Waals surface area contributed by atoms with Gasteiger partial charge in [0.1, 0.15) is 6.33 Å². The number of aromatic nitrogens is 6. The second kappa shape index (κ2) is 5.99. The average molecular weight is 321 g/mol. The molecule has 1 aliphatic rings. The van der Waals surface area contributed by atoms with E-state index in [0.717, 1.165) is 54.4 Å². The first-order chi connectivity index (χ1) is 11.7. The Morgan fingerprint density at radius 3 is 2.67 bits per heavy atom. The van der Waals surface area contributed by atoms with Crippen molar-refractivity contribution in [3.8, 4) is 11.3 Å². The van der Waals surface area contributed by atoms with Crippen LogP contribution in [0.1, 0.15) is 17.0 Å². The Balaban J connectivity index is 1.64. The van der Waals surface area contributed by atoms with E-state index in [-0.39, 0.29) is 0 Å². The first kappa shape index (κ1) is 14.7. The van der Waals surface area contributed by atoms with Crippen molar-refractivity contribution in [3.05, 3.63) is 47.8 Å². The second-order valence-electron chi connectivity index (χ2n) is 6.07. The smallest absolute Gasteiger partial charge is 0.151 e. The van der Waals surface area contributed by atoms with Crippen LogP contribution in [0.15, 0.2) is 30.9 Å². The number of hydrogen-bond acceptors (Lipinski definition) is 6. The second-order valence-corrected chi connectivity index (χ2v) is 6.07. The Labute approximate surface area is 140 Å². The lowest BCUT2D eigenvalue weighted by Crippen LogP contribution is -2.27. The lowest BCUT2D eigenvalue weighted by molar-refractivity contribution is 0.768. The first-order valence-electron chi connectivity index (χ1n) is 8.08. The molecule has 0 spiro atoms. The van der Waals surface area contributed by atoms with Crippen molar-refractivity contribution in [2.75, 3.05) is 18.0 Å². The summed E-state index contributed by atoms with van der Waals surface area (Å²) in [6.07, 6.45) is 7.27. The lowest BCUT2D eigenvalue weighted by atomic mass is 10.0. The van der Waals surface area contributed by atoms with Gasteiger partial charge in [-0.3, -0.25) is 4.68 Å². The van der Waals surface area contributed by atoms with Gasteiger partial charge in [-0.05, 0) is 25.5 Å². The van der Waals surface area contributed by atoms with E-state index in [2.05, 4.69) is 30.2 Å². The van der Waals surface area contributed by atoms with Crippen LogP contribution in [0.2, 0.25) is 0 Å². The molecular formula is C17H19N7. The van der Waals surface area contributed by atoms with Gasteiger partial charge in [0.15, 0.2) is 5.82 Å². The van der Waals surface area contributed by atoms with Gasteiger partial charge in [0.2, 0.25) is 0 Å². The van der Waals surface area contributed by atoms with Crippen molar-refractivity contribution in [1.82, 2.24) is 29.9 Å². The highest BCUT2D eigenvalue weighted by atomic mass is 15.3. The zero-order chi connectivity index (χ0) is 16.5. The van der Waals surface area contributed by atoms with Crippen molar-refractivity contribution in [2.24, 2.45) is 7.05 Å². The summed E-state index contributed by atoms with van der Waals surface area (Å²) in [5, 5.41) is 12.8. The number of hydrogen-bond donors (Lipinski definition) is 0. The molecule has 0 saturated carbocycles. The topological polar surface area (TPSA) is 72.6 Å². The fourth-order valence-electron chi connectivity index (χ4n) is 3.11. The molecule has 0 fully saturated rings. The quantitative estimate of drug-likeness (QED) is 0.713. The van der Waals surface area contributed by atoms with Gasteiger partial charge in [-0.1, -0.05) is 0 Å². The molecule has 0 aliphatic carbocycles. The summed E-state index contributed by atoms with van der Waals surface area (Å²) in [5.74, 6) is 0.921. The number of aryl methyl sites for hydroxylation is 2. The molecule has 3 aromatic rings. The average Bonchev–Trinajstić information content (AvgIpc) is 2.90. The zero-order valence-electron chi connectivity index (χ0n) is 13.8. The Bertz CT molecular complexity index is 854. The first-order valence-corrected chi connectivity index (χ1v) is 8.08. The van der Waals surface area contributed by atoms with Crippen LogP contribution < -0.4 is 4.90 Å². The molecule has 0 unspecified atom stereocenters. The summed E-state index contributed by atoms with van der Waals surface area (Å²) in [5.41, 5.74) is 5.30. The van der Waals surface area contributed by atoms with Gasteiger partial charge in [-0.2, -0.15) is 10.2 Å². The number of rotatable bonds is 2. The molecule has 0 saturated heterocycles. The minimum absolute atomic E-state index is 0.876. The highest BCUT2D eigenvalue weighted by Crippen LogP contribution is 2.26. The summed E-state index contributed by atoms with van der Waals surface area (Å²) in [6, 6.07) is 4.03. The third kappa shape index (κ3) is 2.73. The Kier molecular flexibility index (Phi) is 3.68. The van der Waals surface area contributed by atoms with E-state index in [0.29, 0.717) is 0 Å². The fraction of sp³-hybridized carbons (Fsp3) is 0.353. The Hall–Kier alpha value is -2.83.